The van der Waals surface area contributed by atoms with Crippen LogP contribution in [0.2, 0.25) is 0 Å². The van der Waals surface area contributed by atoms with Gasteiger partial charge in [0.05, 0.1) is 0 Å². The maximum atomic E-state index is 3.33. The fourth-order valence-corrected chi connectivity index (χ4v) is 3.97. The summed E-state index contributed by atoms with van der Waals surface area (Å²) in [4.78, 5) is 5.47. The molecule has 2 unspecified atom stereocenters. The van der Waals surface area contributed by atoms with Crippen LogP contribution in [0.5, 0.6) is 0 Å². The van der Waals surface area contributed by atoms with Gasteiger partial charge in [0.1, 0.15) is 0 Å². The topological polar surface area (TPSA) is 18.5 Å². The van der Waals surface area contributed by atoms with E-state index >= 15 is 0 Å². The van der Waals surface area contributed by atoms with Gasteiger partial charge in [0.15, 0.2) is 0 Å². The van der Waals surface area contributed by atoms with E-state index in [1.54, 1.807) is 0 Å². The second-order valence-electron chi connectivity index (χ2n) is 5.91. The van der Waals surface area contributed by atoms with Crippen molar-refractivity contribution < 1.29 is 0 Å². The molecule has 0 aromatic carbocycles. The van der Waals surface area contributed by atoms with Crippen molar-refractivity contribution in [3.05, 3.63) is 0 Å². The van der Waals surface area contributed by atoms with Gasteiger partial charge in [-0.3, -0.25) is 4.90 Å². The molecule has 4 rings (SSSR count). The van der Waals surface area contributed by atoms with Gasteiger partial charge in [-0.15, -0.1) is 0 Å². The van der Waals surface area contributed by atoms with Crippen molar-refractivity contribution in [1.82, 2.24) is 15.1 Å². The second-order valence-corrected chi connectivity index (χ2v) is 5.91. The Balaban J connectivity index is 1.58. The Morgan fingerprint density at radius 1 is 1.06 bits per heavy atom. The Labute approximate surface area is 99.2 Å². The van der Waals surface area contributed by atoms with Gasteiger partial charge in [-0.1, -0.05) is 0 Å². The number of likely N-dealkylation sites (tertiary alicyclic amines) is 1. The highest BCUT2D eigenvalue weighted by atomic mass is 15.3. The van der Waals surface area contributed by atoms with Gasteiger partial charge >= 0.3 is 0 Å². The average Bonchev–Trinajstić information content (AvgIpc) is 2.80. The number of nitrogens with zero attached hydrogens (tertiary/aromatic N) is 2. The summed E-state index contributed by atoms with van der Waals surface area (Å²) >= 11 is 0. The fourth-order valence-electron chi connectivity index (χ4n) is 3.97. The molecule has 4 heterocycles. The molecule has 1 N–H and O–H groups in total. The second kappa shape index (κ2) is 4.63. The van der Waals surface area contributed by atoms with Crippen LogP contribution >= 0.6 is 0 Å². The Morgan fingerprint density at radius 2 is 1.88 bits per heavy atom. The van der Waals surface area contributed by atoms with Crippen molar-refractivity contribution in [2.24, 2.45) is 11.8 Å². The largest absolute Gasteiger partial charge is 0.319 e. The molecule has 0 spiro atoms. The third-order valence-corrected chi connectivity index (χ3v) is 4.90. The van der Waals surface area contributed by atoms with Crippen molar-refractivity contribution in [3.63, 3.8) is 0 Å². The van der Waals surface area contributed by atoms with Gasteiger partial charge in [-0.2, -0.15) is 0 Å². The molecular formula is C13H25N3. The molecule has 4 aliphatic heterocycles. The maximum Gasteiger partial charge on any atom is 0.0252 e. The van der Waals surface area contributed by atoms with Crippen LogP contribution in [0, 0.1) is 11.8 Å². The first-order chi connectivity index (χ1) is 7.86. The van der Waals surface area contributed by atoms with E-state index in [-0.39, 0.29) is 0 Å². The van der Waals surface area contributed by atoms with E-state index in [1.165, 1.54) is 58.5 Å². The lowest BCUT2D eigenvalue weighted by molar-refractivity contribution is 0.0142. The molecule has 2 atom stereocenters. The Bertz CT molecular complexity index is 235. The molecule has 3 heteroatoms. The van der Waals surface area contributed by atoms with Gasteiger partial charge < -0.3 is 10.2 Å². The minimum absolute atomic E-state index is 0.893. The molecule has 2 bridgehead atoms. The van der Waals surface area contributed by atoms with Crippen LogP contribution < -0.4 is 5.32 Å². The van der Waals surface area contributed by atoms with Gasteiger partial charge in [0.25, 0.3) is 0 Å². The summed E-state index contributed by atoms with van der Waals surface area (Å²) in [6.45, 7) is 8.00. The number of hydrogen-bond acceptors (Lipinski definition) is 3. The monoisotopic (exact) mass is 223 g/mol. The third-order valence-electron chi connectivity index (χ3n) is 4.90. The first-order valence-electron chi connectivity index (χ1n) is 6.98. The lowest BCUT2D eigenvalue weighted by Gasteiger charge is -2.48. The van der Waals surface area contributed by atoms with Gasteiger partial charge in [0.2, 0.25) is 0 Å². The number of fused-ring (bicyclic) bond motifs is 3. The smallest absolute Gasteiger partial charge is 0.0252 e. The van der Waals surface area contributed by atoms with Gasteiger partial charge in [0, 0.05) is 19.1 Å². The fraction of sp³-hybridized carbons (Fsp3) is 1.00. The quantitative estimate of drug-likeness (QED) is 0.757. The van der Waals surface area contributed by atoms with Crippen LogP contribution in [0.3, 0.4) is 0 Å². The molecule has 4 fully saturated rings. The highest BCUT2D eigenvalue weighted by Crippen LogP contribution is 2.33. The standard InChI is InChI=1S/C13H25N3/c1-14-8-11-2-7-16(9-11)13-10-15-5-3-12(13)4-6-15/h11-14H,2-10H2,1H3. The molecule has 0 amide bonds. The Morgan fingerprint density at radius 3 is 2.50 bits per heavy atom. The minimum Gasteiger partial charge on any atom is -0.319 e. The zero-order valence-electron chi connectivity index (χ0n) is 10.5. The number of rotatable bonds is 3. The summed E-state index contributed by atoms with van der Waals surface area (Å²) in [6, 6.07) is 0.893. The molecule has 0 radical (unpaired) electrons. The SMILES string of the molecule is CNCC1CCN(C2CN3CCC2CC3)C1. The molecule has 92 valence electrons. The van der Waals surface area contributed by atoms with E-state index in [0.29, 0.717) is 0 Å². The zero-order chi connectivity index (χ0) is 11.0. The van der Waals surface area contributed by atoms with E-state index in [4.69, 9.17) is 0 Å². The predicted molar refractivity (Wildman–Crippen MR) is 66.6 cm³/mol. The van der Waals surface area contributed by atoms with E-state index in [1.807, 2.05) is 0 Å². The first-order valence-corrected chi connectivity index (χ1v) is 6.98. The molecule has 0 aliphatic carbocycles. The molecule has 4 saturated heterocycles. The van der Waals surface area contributed by atoms with E-state index < -0.39 is 0 Å². The van der Waals surface area contributed by atoms with Crippen molar-refractivity contribution in [1.29, 1.82) is 0 Å². The van der Waals surface area contributed by atoms with E-state index in [9.17, 15) is 0 Å². The predicted octanol–water partition coefficient (Wildman–Crippen LogP) is 0.622. The van der Waals surface area contributed by atoms with Crippen molar-refractivity contribution in [3.8, 4) is 0 Å². The van der Waals surface area contributed by atoms with Gasteiger partial charge in [-0.05, 0) is 64.3 Å². The summed E-state index contributed by atoms with van der Waals surface area (Å²) in [5, 5.41) is 3.33. The van der Waals surface area contributed by atoms with Crippen molar-refractivity contribution in [2.75, 3.05) is 46.3 Å². The van der Waals surface area contributed by atoms with Crippen LogP contribution in [-0.4, -0.2) is 62.2 Å². The highest BCUT2D eigenvalue weighted by molar-refractivity contribution is 4.94. The van der Waals surface area contributed by atoms with Gasteiger partial charge in [-0.25, -0.2) is 0 Å². The maximum absolute atomic E-state index is 3.33. The van der Waals surface area contributed by atoms with Crippen molar-refractivity contribution in [2.45, 2.75) is 25.3 Å². The lowest BCUT2D eigenvalue weighted by atomic mass is 9.83. The van der Waals surface area contributed by atoms with Crippen LogP contribution in [0.15, 0.2) is 0 Å². The van der Waals surface area contributed by atoms with Crippen LogP contribution in [0.4, 0.5) is 0 Å². The van der Waals surface area contributed by atoms with E-state index in [2.05, 4.69) is 22.2 Å². The number of piperidine rings is 3. The summed E-state index contributed by atoms with van der Waals surface area (Å²) in [5.41, 5.74) is 0. The van der Waals surface area contributed by atoms with E-state index in [0.717, 1.165) is 17.9 Å². The Kier molecular flexibility index (Phi) is 3.18. The summed E-state index contributed by atoms with van der Waals surface area (Å²) < 4.78 is 0. The number of nitrogens with one attached hydrogen (secondary N) is 1. The third kappa shape index (κ3) is 2.01. The van der Waals surface area contributed by atoms with Crippen LogP contribution in [0.25, 0.3) is 0 Å². The summed E-state index contributed by atoms with van der Waals surface area (Å²) in [6.07, 6.45) is 4.32. The molecule has 3 nitrogen and oxygen atoms in total. The molecule has 16 heavy (non-hydrogen) atoms. The first kappa shape index (κ1) is 11.0. The lowest BCUT2D eigenvalue weighted by Crippen LogP contribution is -2.56. The normalized spacial score (nSPS) is 44.1. The highest BCUT2D eigenvalue weighted by Gasteiger charge is 2.39. The molecule has 0 saturated carbocycles. The van der Waals surface area contributed by atoms with Crippen molar-refractivity contribution >= 4 is 0 Å². The van der Waals surface area contributed by atoms with Crippen LogP contribution in [-0.2, 0) is 0 Å². The Hall–Kier alpha value is -0.120. The molecule has 4 aliphatic rings. The summed E-state index contributed by atoms with van der Waals surface area (Å²) in [7, 11) is 2.08. The molecule has 0 aromatic rings. The minimum atomic E-state index is 0.893. The van der Waals surface area contributed by atoms with Crippen LogP contribution in [0.1, 0.15) is 19.3 Å². The molecular weight excluding hydrogens is 198 g/mol. The number of hydrogen-bond donors (Lipinski definition) is 1. The molecule has 0 aromatic heterocycles. The zero-order valence-corrected chi connectivity index (χ0v) is 10.5. The average molecular weight is 223 g/mol. The summed E-state index contributed by atoms with van der Waals surface area (Å²) in [5.74, 6) is 1.92.